The minimum atomic E-state index is 0.626. The van der Waals surface area contributed by atoms with E-state index in [-0.39, 0.29) is 0 Å². The molecular weight excluding hydrogens is 132 g/mol. The van der Waals surface area contributed by atoms with E-state index in [1.165, 1.54) is 11.1 Å². The highest BCUT2D eigenvalue weighted by Crippen LogP contribution is 2.29. The Balaban J connectivity index is 2.19. The summed E-state index contributed by atoms with van der Waals surface area (Å²) in [7, 11) is 0. The lowest BCUT2D eigenvalue weighted by Gasteiger charge is -2.08. The quantitative estimate of drug-likeness (QED) is 0.530. The van der Waals surface area contributed by atoms with Crippen molar-refractivity contribution >= 4 is 0 Å². The molecule has 0 aromatic rings. The van der Waals surface area contributed by atoms with Gasteiger partial charge in [0.1, 0.15) is 0 Å². The largest absolute Gasteiger partial charge is 0.0801 e. The molecule has 0 aromatic carbocycles. The van der Waals surface area contributed by atoms with E-state index in [1.807, 2.05) is 0 Å². The van der Waals surface area contributed by atoms with E-state index >= 15 is 0 Å². The Morgan fingerprint density at radius 2 is 2.18 bits per heavy atom. The molecule has 56 valence electrons. The monoisotopic (exact) mass is 144 g/mol. The van der Waals surface area contributed by atoms with Crippen LogP contribution in [0.25, 0.3) is 0 Å². The van der Waals surface area contributed by atoms with E-state index in [2.05, 4.69) is 43.4 Å². The third kappa shape index (κ3) is 1.09. The van der Waals surface area contributed by atoms with Gasteiger partial charge in [-0.3, -0.25) is 0 Å². The molecule has 0 nitrogen and oxygen atoms in total. The predicted octanol–water partition coefficient (Wildman–Crippen LogP) is 3.01. The number of hydrogen-bond acceptors (Lipinski definition) is 0. The molecule has 1 atom stereocenters. The van der Waals surface area contributed by atoms with Crippen molar-refractivity contribution < 1.29 is 0 Å². The SMILES string of the molecule is CC1C=CC=C1C1=CC=CC1. The molecule has 0 aromatic heterocycles. The summed E-state index contributed by atoms with van der Waals surface area (Å²) in [4.78, 5) is 0. The van der Waals surface area contributed by atoms with Crippen molar-refractivity contribution in [1.29, 1.82) is 0 Å². The summed E-state index contributed by atoms with van der Waals surface area (Å²) in [5.41, 5.74) is 2.98. The highest BCUT2D eigenvalue weighted by atomic mass is 14.2. The summed E-state index contributed by atoms with van der Waals surface area (Å²) in [6.45, 7) is 2.24. The van der Waals surface area contributed by atoms with Crippen LogP contribution in [0.4, 0.5) is 0 Å². The predicted molar refractivity (Wildman–Crippen MR) is 48.2 cm³/mol. The van der Waals surface area contributed by atoms with Gasteiger partial charge in [0.05, 0.1) is 0 Å². The second kappa shape index (κ2) is 2.54. The first-order valence-electron chi connectivity index (χ1n) is 4.12. The summed E-state index contributed by atoms with van der Waals surface area (Å²) in [5, 5.41) is 0. The third-order valence-electron chi connectivity index (χ3n) is 2.31. The van der Waals surface area contributed by atoms with Gasteiger partial charge in [-0.25, -0.2) is 0 Å². The van der Waals surface area contributed by atoms with Crippen LogP contribution in [0, 0.1) is 5.92 Å². The summed E-state index contributed by atoms with van der Waals surface area (Å²) >= 11 is 0. The van der Waals surface area contributed by atoms with Gasteiger partial charge in [-0.2, -0.15) is 0 Å². The summed E-state index contributed by atoms with van der Waals surface area (Å²) in [5.74, 6) is 0.626. The molecule has 0 saturated heterocycles. The Hall–Kier alpha value is -1.04. The lowest BCUT2D eigenvalue weighted by Crippen LogP contribution is -1.93. The Morgan fingerprint density at radius 3 is 2.73 bits per heavy atom. The molecule has 0 heteroatoms. The third-order valence-corrected chi connectivity index (χ3v) is 2.31. The van der Waals surface area contributed by atoms with Crippen LogP contribution in [-0.2, 0) is 0 Å². The molecule has 0 amide bonds. The van der Waals surface area contributed by atoms with Gasteiger partial charge in [0.15, 0.2) is 0 Å². The van der Waals surface area contributed by atoms with Crippen LogP contribution in [0.2, 0.25) is 0 Å². The van der Waals surface area contributed by atoms with Crippen molar-refractivity contribution in [2.75, 3.05) is 0 Å². The topological polar surface area (TPSA) is 0 Å². The number of rotatable bonds is 1. The smallest absolute Gasteiger partial charge is 0.000448 e. The fourth-order valence-electron chi connectivity index (χ4n) is 1.64. The summed E-state index contributed by atoms with van der Waals surface area (Å²) in [6.07, 6.45) is 14.3. The minimum absolute atomic E-state index is 0.626. The van der Waals surface area contributed by atoms with Gasteiger partial charge >= 0.3 is 0 Å². The fourth-order valence-corrected chi connectivity index (χ4v) is 1.64. The van der Waals surface area contributed by atoms with E-state index in [0.29, 0.717) is 5.92 Å². The maximum Gasteiger partial charge on any atom is -0.000448 e. The van der Waals surface area contributed by atoms with Crippen LogP contribution in [0.3, 0.4) is 0 Å². The van der Waals surface area contributed by atoms with Crippen LogP contribution in [0.5, 0.6) is 0 Å². The first-order valence-corrected chi connectivity index (χ1v) is 4.12. The van der Waals surface area contributed by atoms with Gasteiger partial charge in [0.25, 0.3) is 0 Å². The standard InChI is InChI=1S/C11H12/c1-9-5-4-8-11(9)10-6-2-3-7-10/h2-6,8-9H,7H2,1H3. The summed E-state index contributed by atoms with van der Waals surface area (Å²) < 4.78 is 0. The van der Waals surface area contributed by atoms with Crippen molar-refractivity contribution in [3.8, 4) is 0 Å². The molecule has 2 rings (SSSR count). The fraction of sp³-hybridized carbons (Fsp3) is 0.273. The lowest BCUT2D eigenvalue weighted by atomic mass is 9.96. The molecule has 1 unspecified atom stereocenters. The van der Waals surface area contributed by atoms with Crippen molar-refractivity contribution in [1.82, 2.24) is 0 Å². The van der Waals surface area contributed by atoms with Crippen LogP contribution in [-0.4, -0.2) is 0 Å². The van der Waals surface area contributed by atoms with Crippen LogP contribution in [0.15, 0.2) is 47.6 Å². The second-order valence-corrected chi connectivity index (χ2v) is 3.12. The second-order valence-electron chi connectivity index (χ2n) is 3.12. The molecular formula is C11H12. The van der Waals surface area contributed by atoms with Gasteiger partial charge in [0, 0.05) is 0 Å². The highest BCUT2D eigenvalue weighted by Gasteiger charge is 2.13. The Morgan fingerprint density at radius 1 is 1.27 bits per heavy atom. The average molecular weight is 144 g/mol. The normalized spacial score (nSPS) is 27.5. The van der Waals surface area contributed by atoms with E-state index in [0.717, 1.165) is 6.42 Å². The molecule has 0 heterocycles. The maximum atomic E-state index is 2.24. The van der Waals surface area contributed by atoms with E-state index in [1.54, 1.807) is 0 Å². The van der Waals surface area contributed by atoms with E-state index in [9.17, 15) is 0 Å². The molecule has 0 N–H and O–H groups in total. The minimum Gasteiger partial charge on any atom is -0.0801 e. The molecule has 2 aliphatic rings. The zero-order chi connectivity index (χ0) is 7.68. The van der Waals surface area contributed by atoms with Gasteiger partial charge in [-0.05, 0) is 23.5 Å². The molecule has 0 spiro atoms. The molecule has 0 saturated carbocycles. The van der Waals surface area contributed by atoms with Crippen molar-refractivity contribution in [2.24, 2.45) is 5.92 Å². The zero-order valence-electron chi connectivity index (χ0n) is 6.75. The lowest BCUT2D eigenvalue weighted by molar-refractivity contribution is 0.883. The maximum absolute atomic E-state index is 2.24. The van der Waals surface area contributed by atoms with Crippen LogP contribution in [0.1, 0.15) is 13.3 Å². The van der Waals surface area contributed by atoms with Crippen molar-refractivity contribution in [2.45, 2.75) is 13.3 Å². The van der Waals surface area contributed by atoms with Crippen molar-refractivity contribution in [3.63, 3.8) is 0 Å². The van der Waals surface area contributed by atoms with Crippen LogP contribution < -0.4 is 0 Å². The number of hydrogen-bond donors (Lipinski definition) is 0. The first kappa shape index (κ1) is 6.66. The Bertz CT molecular complexity index is 274. The van der Waals surface area contributed by atoms with Gasteiger partial charge in [-0.15, -0.1) is 0 Å². The average Bonchev–Trinajstić information content (AvgIpc) is 2.55. The highest BCUT2D eigenvalue weighted by molar-refractivity contribution is 5.46. The molecule has 11 heavy (non-hydrogen) atoms. The summed E-state index contributed by atoms with van der Waals surface area (Å²) in [6, 6.07) is 0. The molecule has 0 aliphatic heterocycles. The van der Waals surface area contributed by atoms with Gasteiger partial charge < -0.3 is 0 Å². The Labute approximate surface area is 67.6 Å². The molecule has 0 radical (unpaired) electrons. The van der Waals surface area contributed by atoms with E-state index in [4.69, 9.17) is 0 Å². The molecule has 0 bridgehead atoms. The van der Waals surface area contributed by atoms with E-state index < -0.39 is 0 Å². The van der Waals surface area contributed by atoms with Gasteiger partial charge in [-0.1, -0.05) is 43.4 Å². The zero-order valence-corrected chi connectivity index (χ0v) is 6.75. The molecule has 0 fully saturated rings. The van der Waals surface area contributed by atoms with Crippen LogP contribution >= 0.6 is 0 Å². The van der Waals surface area contributed by atoms with Crippen molar-refractivity contribution in [3.05, 3.63) is 47.6 Å². The molecule has 2 aliphatic carbocycles. The first-order chi connectivity index (χ1) is 5.38. The van der Waals surface area contributed by atoms with Gasteiger partial charge in [0.2, 0.25) is 0 Å². The Kier molecular flexibility index (Phi) is 1.54. The number of allylic oxidation sites excluding steroid dienone is 8.